The molecular weight excluding hydrogens is 264 g/mol. The molecule has 0 atom stereocenters. The first-order valence-electron chi connectivity index (χ1n) is 5.94. The number of imidazole rings is 1. The number of carbonyl (C=O) groups excluding carboxylic acids is 1. The van der Waals surface area contributed by atoms with E-state index in [1.54, 1.807) is 13.1 Å². The first-order valence-corrected chi connectivity index (χ1v) is 6.32. The van der Waals surface area contributed by atoms with Gasteiger partial charge in [0, 0.05) is 16.6 Å². The molecule has 96 valence electrons. The van der Waals surface area contributed by atoms with Crippen molar-refractivity contribution in [2.24, 2.45) is 0 Å². The molecule has 4 nitrogen and oxygen atoms in total. The minimum absolute atomic E-state index is 0.300. The van der Waals surface area contributed by atoms with Crippen LogP contribution in [0.1, 0.15) is 17.4 Å². The summed E-state index contributed by atoms with van der Waals surface area (Å²) in [5.41, 5.74) is 1.90. The lowest BCUT2D eigenvalue weighted by Crippen LogP contribution is -2.04. The quantitative estimate of drug-likeness (QED) is 0.673. The predicted molar refractivity (Wildman–Crippen MR) is 73.7 cm³/mol. The Labute approximate surface area is 114 Å². The fourth-order valence-electron chi connectivity index (χ4n) is 2.07. The zero-order valence-corrected chi connectivity index (χ0v) is 11.0. The van der Waals surface area contributed by atoms with Gasteiger partial charge in [0.05, 0.1) is 12.1 Å². The van der Waals surface area contributed by atoms with E-state index in [1.165, 1.54) is 0 Å². The van der Waals surface area contributed by atoms with Crippen LogP contribution < -0.4 is 0 Å². The van der Waals surface area contributed by atoms with Gasteiger partial charge >= 0.3 is 5.97 Å². The van der Waals surface area contributed by atoms with Crippen LogP contribution in [0.15, 0.2) is 36.5 Å². The van der Waals surface area contributed by atoms with Crippen molar-refractivity contribution in [2.45, 2.75) is 6.92 Å². The molecule has 2 heterocycles. The minimum Gasteiger partial charge on any atom is -0.461 e. The van der Waals surface area contributed by atoms with Gasteiger partial charge in [0.2, 0.25) is 0 Å². The van der Waals surface area contributed by atoms with Gasteiger partial charge in [-0.05, 0) is 31.2 Å². The van der Waals surface area contributed by atoms with E-state index in [4.69, 9.17) is 16.3 Å². The van der Waals surface area contributed by atoms with Crippen molar-refractivity contribution in [3.63, 3.8) is 0 Å². The number of pyridine rings is 1. The molecule has 0 aliphatic heterocycles. The third-order valence-electron chi connectivity index (χ3n) is 2.91. The van der Waals surface area contributed by atoms with Crippen molar-refractivity contribution in [3.8, 4) is 0 Å². The fraction of sp³-hybridized carbons (Fsp3) is 0.143. The van der Waals surface area contributed by atoms with Gasteiger partial charge in [0.15, 0.2) is 5.69 Å². The molecule has 0 radical (unpaired) electrons. The van der Waals surface area contributed by atoms with Crippen molar-refractivity contribution < 1.29 is 9.53 Å². The molecule has 0 N–H and O–H groups in total. The van der Waals surface area contributed by atoms with E-state index in [-0.39, 0.29) is 0 Å². The van der Waals surface area contributed by atoms with E-state index in [9.17, 15) is 4.79 Å². The lowest BCUT2D eigenvalue weighted by molar-refractivity contribution is 0.0520. The Kier molecular flexibility index (Phi) is 2.87. The number of carbonyl (C=O) groups is 1. The molecule has 0 saturated heterocycles. The summed E-state index contributed by atoms with van der Waals surface area (Å²) < 4.78 is 6.79. The topological polar surface area (TPSA) is 43.6 Å². The second-order valence-electron chi connectivity index (χ2n) is 4.08. The van der Waals surface area contributed by atoms with Gasteiger partial charge in [0.1, 0.15) is 5.65 Å². The SMILES string of the molecule is CCOC(=O)c1cn2c(ccc3c(Cl)cccc32)n1. The number of rotatable bonds is 2. The first-order chi connectivity index (χ1) is 9.20. The summed E-state index contributed by atoms with van der Waals surface area (Å²) in [6.07, 6.45) is 1.67. The Morgan fingerprint density at radius 1 is 1.37 bits per heavy atom. The number of hydrogen-bond donors (Lipinski definition) is 0. The minimum atomic E-state index is -0.415. The maximum Gasteiger partial charge on any atom is 0.358 e. The van der Waals surface area contributed by atoms with Crippen LogP contribution in [0, 0.1) is 0 Å². The number of fused-ring (bicyclic) bond motifs is 3. The summed E-state index contributed by atoms with van der Waals surface area (Å²) in [6.45, 7) is 2.10. The zero-order chi connectivity index (χ0) is 13.4. The molecule has 2 aromatic heterocycles. The number of benzene rings is 1. The average Bonchev–Trinajstić information content (AvgIpc) is 2.84. The molecule has 5 heteroatoms. The smallest absolute Gasteiger partial charge is 0.358 e. The van der Waals surface area contributed by atoms with Crippen LogP contribution in [0.25, 0.3) is 16.6 Å². The Balaban J connectivity index is 2.25. The van der Waals surface area contributed by atoms with Gasteiger partial charge in [0.25, 0.3) is 0 Å². The van der Waals surface area contributed by atoms with Crippen LogP contribution in [0.3, 0.4) is 0 Å². The number of hydrogen-bond acceptors (Lipinski definition) is 3. The number of halogens is 1. The molecule has 0 fully saturated rings. The Morgan fingerprint density at radius 2 is 2.21 bits per heavy atom. The third-order valence-corrected chi connectivity index (χ3v) is 3.24. The van der Waals surface area contributed by atoms with E-state index >= 15 is 0 Å². The van der Waals surface area contributed by atoms with E-state index in [0.717, 1.165) is 10.9 Å². The van der Waals surface area contributed by atoms with Gasteiger partial charge in [-0.15, -0.1) is 0 Å². The van der Waals surface area contributed by atoms with Crippen LogP contribution in [0.2, 0.25) is 5.02 Å². The van der Waals surface area contributed by atoms with Gasteiger partial charge < -0.3 is 4.74 Å². The monoisotopic (exact) mass is 274 g/mol. The highest BCUT2D eigenvalue weighted by atomic mass is 35.5. The Hall–Kier alpha value is -2.07. The standard InChI is InChI=1S/C14H11ClN2O2/c1-2-19-14(18)11-8-17-12-5-3-4-10(15)9(12)6-7-13(17)16-11/h3-8H,2H2,1H3. The molecule has 0 amide bonds. The molecule has 0 saturated carbocycles. The van der Waals surface area contributed by atoms with Gasteiger partial charge in [-0.25, -0.2) is 9.78 Å². The third kappa shape index (κ3) is 1.94. The summed E-state index contributed by atoms with van der Waals surface area (Å²) in [5.74, 6) is -0.415. The van der Waals surface area contributed by atoms with E-state index in [1.807, 2.05) is 34.7 Å². The highest BCUT2D eigenvalue weighted by Gasteiger charge is 2.13. The molecule has 19 heavy (non-hydrogen) atoms. The molecule has 0 unspecified atom stereocenters. The molecule has 0 spiro atoms. The molecule has 0 aliphatic carbocycles. The molecule has 0 aliphatic rings. The number of ether oxygens (including phenoxy) is 1. The second kappa shape index (κ2) is 4.55. The largest absolute Gasteiger partial charge is 0.461 e. The van der Waals surface area contributed by atoms with Crippen molar-refractivity contribution >= 4 is 34.1 Å². The van der Waals surface area contributed by atoms with Crippen molar-refractivity contribution in [1.82, 2.24) is 9.38 Å². The van der Waals surface area contributed by atoms with Crippen LogP contribution in [0.4, 0.5) is 0 Å². The summed E-state index contributed by atoms with van der Waals surface area (Å²) >= 11 is 6.15. The highest BCUT2D eigenvalue weighted by Crippen LogP contribution is 2.24. The van der Waals surface area contributed by atoms with Gasteiger partial charge in [-0.1, -0.05) is 17.7 Å². The lowest BCUT2D eigenvalue weighted by atomic mass is 10.2. The van der Waals surface area contributed by atoms with Crippen LogP contribution in [-0.2, 0) is 4.74 Å². The Morgan fingerprint density at radius 3 is 3.00 bits per heavy atom. The highest BCUT2D eigenvalue weighted by molar-refractivity contribution is 6.35. The summed E-state index contributed by atoms with van der Waals surface area (Å²) in [7, 11) is 0. The molecule has 3 rings (SSSR count). The summed E-state index contributed by atoms with van der Waals surface area (Å²) in [6, 6.07) is 9.36. The maximum atomic E-state index is 11.7. The second-order valence-corrected chi connectivity index (χ2v) is 4.49. The van der Waals surface area contributed by atoms with E-state index < -0.39 is 5.97 Å². The number of aromatic nitrogens is 2. The van der Waals surface area contributed by atoms with Crippen molar-refractivity contribution in [2.75, 3.05) is 6.61 Å². The van der Waals surface area contributed by atoms with Crippen molar-refractivity contribution in [3.05, 3.63) is 47.2 Å². The fourth-order valence-corrected chi connectivity index (χ4v) is 2.30. The molecule has 1 aromatic carbocycles. The normalized spacial score (nSPS) is 11.1. The number of esters is 1. The Bertz CT molecular complexity index is 780. The van der Waals surface area contributed by atoms with Crippen LogP contribution in [0.5, 0.6) is 0 Å². The summed E-state index contributed by atoms with van der Waals surface area (Å²) in [4.78, 5) is 15.9. The van der Waals surface area contributed by atoms with Crippen LogP contribution in [-0.4, -0.2) is 22.0 Å². The molecule has 3 aromatic rings. The van der Waals surface area contributed by atoms with Crippen LogP contribution >= 0.6 is 11.6 Å². The molecular formula is C14H11ClN2O2. The zero-order valence-electron chi connectivity index (χ0n) is 10.3. The number of nitrogens with zero attached hydrogens (tertiary/aromatic N) is 2. The first kappa shape index (κ1) is 12.0. The lowest BCUT2D eigenvalue weighted by Gasteiger charge is -2.02. The van der Waals surface area contributed by atoms with Gasteiger partial charge in [-0.3, -0.25) is 4.40 Å². The maximum absolute atomic E-state index is 11.7. The van der Waals surface area contributed by atoms with E-state index in [0.29, 0.717) is 23.0 Å². The molecule has 0 bridgehead atoms. The van der Waals surface area contributed by atoms with Gasteiger partial charge in [-0.2, -0.15) is 0 Å². The van der Waals surface area contributed by atoms with E-state index in [2.05, 4.69) is 4.98 Å². The van der Waals surface area contributed by atoms with Crippen molar-refractivity contribution in [1.29, 1.82) is 0 Å². The summed E-state index contributed by atoms with van der Waals surface area (Å²) in [5, 5.41) is 1.59. The predicted octanol–water partition coefficient (Wildman–Crippen LogP) is 3.32. The average molecular weight is 275 g/mol.